The SMILES string of the molecule is CCN(C(=O)c1nc(C)ccc1-c1ncccn1)[C@@H](C)Cc1noc(-c2ccc(F)cc2)n1. The van der Waals surface area contributed by atoms with Crippen molar-refractivity contribution in [3.63, 3.8) is 0 Å². The lowest BCUT2D eigenvalue weighted by molar-refractivity contribution is 0.0696. The Morgan fingerprint density at radius 2 is 1.82 bits per heavy atom. The lowest BCUT2D eigenvalue weighted by Crippen LogP contribution is -2.40. The Morgan fingerprint density at radius 3 is 2.52 bits per heavy atom. The molecule has 0 spiro atoms. The maximum Gasteiger partial charge on any atom is 0.273 e. The Labute approximate surface area is 190 Å². The molecule has 1 aromatic carbocycles. The van der Waals surface area contributed by atoms with Crippen molar-refractivity contribution in [1.82, 2.24) is 30.0 Å². The number of hydrogen-bond donors (Lipinski definition) is 0. The number of rotatable bonds is 7. The molecule has 1 atom stereocenters. The summed E-state index contributed by atoms with van der Waals surface area (Å²) in [7, 11) is 0. The van der Waals surface area contributed by atoms with Gasteiger partial charge in [0.15, 0.2) is 11.6 Å². The van der Waals surface area contributed by atoms with Crippen LogP contribution >= 0.6 is 0 Å². The van der Waals surface area contributed by atoms with Crippen LogP contribution in [0.15, 0.2) is 59.4 Å². The van der Waals surface area contributed by atoms with Gasteiger partial charge >= 0.3 is 0 Å². The number of amides is 1. The molecule has 8 nitrogen and oxygen atoms in total. The van der Waals surface area contributed by atoms with Crippen LogP contribution in [0, 0.1) is 12.7 Å². The molecule has 0 unspecified atom stereocenters. The van der Waals surface area contributed by atoms with Gasteiger partial charge in [0, 0.05) is 42.7 Å². The zero-order valence-corrected chi connectivity index (χ0v) is 18.6. The quantitative estimate of drug-likeness (QED) is 0.421. The number of aryl methyl sites for hydroxylation is 1. The molecule has 0 bridgehead atoms. The summed E-state index contributed by atoms with van der Waals surface area (Å²) in [5, 5.41) is 4.03. The second-order valence-corrected chi connectivity index (χ2v) is 7.59. The van der Waals surface area contributed by atoms with E-state index in [4.69, 9.17) is 4.52 Å². The standard InChI is InChI=1S/C24H23FN6O2/c1-4-31(16(3)14-20-29-23(33-30-20)17-7-9-18(25)10-8-17)24(32)21-19(11-6-15(2)28-21)22-26-12-5-13-27-22/h5-13,16H,4,14H2,1-3H3/t16-/m0/s1. The molecule has 0 saturated carbocycles. The van der Waals surface area contributed by atoms with E-state index in [1.54, 1.807) is 35.5 Å². The Bertz CT molecular complexity index is 1240. The Morgan fingerprint density at radius 1 is 1.09 bits per heavy atom. The van der Waals surface area contributed by atoms with E-state index in [0.717, 1.165) is 5.69 Å². The first-order valence-corrected chi connectivity index (χ1v) is 10.6. The fourth-order valence-electron chi connectivity index (χ4n) is 3.55. The van der Waals surface area contributed by atoms with Gasteiger partial charge in [-0.25, -0.2) is 19.3 Å². The van der Waals surface area contributed by atoms with E-state index in [2.05, 4.69) is 25.1 Å². The van der Waals surface area contributed by atoms with Crippen LogP contribution in [0.25, 0.3) is 22.8 Å². The van der Waals surface area contributed by atoms with E-state index >= 15 is 0 Å². The van der Waals surface area contributed by atoms with Crippen LogP contribution in [0.1, 0.15) is 35.9 Å². The zero-order valence-electron chi connectivity index (χ0n) is 18.6. The van der Waals surface area contributed by atoms with E-state index < -0.39 is 0 Å². The summed E-state index contributed by atoms with van der Waals surface area (Å²) < 4.78 is 18.5. The molecule has 9 heteroatoms. The fraction of sp³-hybridized carbons (Fsp3) is 0.250. The molecule has 33 heavy (non-hydrogen) atoms. The summed E-state index contributed by atoms with van der Waals surface area (Å²) in [4.78, 5) is 32.7. The summed E-state index contributed by atoms with van der Waals surface area (Å²) in [5.41, 5.74) is 2.23. The number of aromatic nitrogens is 5. The highest BCUT2D eigenvalue weighted by atomic mass is 19.1. The van der Waals surface area contributed by atoms with Crippen molar-refractivity contribution in [3.8, 4) is 22.8 Å². The van der Waals surface area contributed by atoms with Gasteiger partial charge in [-0.3, -0.25) is 4.79 Å². The zero-order chi connectivity index (χ0) is 23.4. The number of nitrogens with zero attached hydrogens (tertiary/aromatic N) is 6. The van der Waals surface area contributed by atoms with Crippen LogP contribution in [0.5, 0.6) is 0 Å². The van der Waals surface area contributed by atoms with Crippen LogP contribution in [0.3, 0.4) is 0 Å². The van der Waals surface area contributed by atoms with Crippen molar-refractivity contribution in [2.45, 2.75) is 33.2 Å². The Hall–Kier alpha value is -4.01. The molecule has 4 aromatic rings. The molecule has 0 radical (unpaired) electrons. The molecule has 4 rings (SSSR count). The maximum absolute atomic E-state index is 13.5. The van der Waals surface area contributed by atoms with Crippen LogP contribution in [0.2, 0.25) is 0 Å². The highest BCUT2D eigenvalue weighted by Gasteiger charge is 2.26. The summed E-state index contributed by atoms with van der Waals surface area (Å²) in [6.07, 6.45) is 3.64. The van der Waals surface area contributed by atoms with E-state index in [1.807, 2.05) is 32.9 Å². The first kappa shape index (κ1) is 22.2. The van der Waals surface area contributed by atoms with Gasteiger partial charge in [-0.2, -0.15) is 4.98 Å². The van der Waals surface area contributed by atoms with E-state index in [0.29, 0.717) is 47.3 Å². The van der Waals surface area contributed by atoms with Gasteiger partial charge in [-0.1, -0.05) is 5.16 Å². The molecule has 0 aliphatic carbocycles. The number of pyridine rings is 1. The molecule has 168 valence electrons. The minimum absolute atomic E-state index is 0.224. The second kappa shape index (κ2) is 9.64. The van der Waals surface area contributed by atoms with Gasteiger partial charge in [0.1, 0.15) is 11.5 Å². The molecule has 1 amide bonds. The van der Waals surface area contributed by atoms with Crippen LogP contribution in [-0.2, 0) is 6.42 Å². The van der Waals surface area contributed by atoms with Crippen molar-refractivity contribution in [1.29, 1.82) is 0 Å². The number of hydrogen-bond acceptors (Lipinski definition) is 7. The number of halogens is 1. The first-order chi connectivity index (χ1) is 16.0. The summed E-state index contributed by atoms with van der Waals surface area (Å²) in [6.45, 7) is 6.13. The molecule has 0 N–H and O–H groups in total. The lowest BCUT2D eigenvalue weighted by Gasteiger charge is -2.27. The van der Waals surface area contributed by atoms with Crippen LogP contribution in [0.4, 0.5) is 4.39 Å². The first-order valence-electron chi connectivity index (χ1n) is 10.6. The maximum atomic E-state index is 13.5. The van der Waals surface area contributed by atoms with Gasteiger partial charge in [-0.05, 0) is 63.2 Å². The molecular formula is C24H23FN6O2. The minimum atomic E-state index is -0.339. The van der Waals surface area contributed by atoms with E-state index in [1.165, 1.54) is 12.1 Å². The molecular weight excluding hydrogens is 423 g/mol. The predicted octanol–water partition coefficient (Wildman–Crippen LogP) is 4.13. The van der Waals surface area contributed by atoms with Crippen LogP contribution < -0.4 is 0 Å². The average molecular weight is 446 g/mol. The van der Waals surface area contributed by atoms with Crippen molar-refractivity contribution in [2.24, 2.45) is 0 Å². The third kappa shape index (κ3) is 4.92. The summed E-state index contributed by atoms with van der Waals surface area (Å²) in [5.74, 6) is 0.638. The van der Waals surface area contributed by atoms with Crippen molar-refractivity contribution < 1.29 is 13.7 Å². The van der Waals surface area contributed by atoms with Gasteiger partial charge in [0.05, 0.1) is 5.56 Å². The normalized spacial score (nSPS) is 11.9. The Balaban J connectivity index is 1.56. The monoisotopic (exact) mass is 446 g/mol. The molecule has 0 fully saturated rings. The summed E-state index contributed by atoms with van der Waals surface area (Å²) in [6, 6.07) is 11.0. The molecule has 0 saturated heterocycles. The van der Waals surface area contributed by atoms with Gasteiger partial charge in [0.2, 0.25) is 0 Å². The predicted molar refractivity (Wildman–Crippen MR) is 120 cm³/mol. The fourth-order valence-corrected chi connectivity index (χ4v) is 3.55. The van der Waals surface area contributed by atoms with Crippen LogP contribution in [-0.4, -0.2) is 48.5 Å². The number of carbonyl (C=O) groups excluding carboxylic acids is 1. The van der Waals surface area contributed by atoms with E-state index in [9.17, 15) is 9.18 Å². The van der Waals surface area contributed by atoms with Gasteiger partial charge in [-0.15, -0.1) is 0 Å². The lowest BCUT2D eigenvalue weighted by atomic mass is 10.1. The highest BCUT2D eigenvalue weighted by Crippen LogP contribution is 2.22. The molecule has 0 aliphatic rings. The third-order valence-electron chi connectivity index (χ3n) is 5.21. The number of benzene rings is 1. The second-order valence-electron chi connectivity index (χ2n) is 7.59. The number of likely N-dealkylation sites (N-methyl/N-ethyl adjacent to an activating group) is 1. The Kier molecular flexibility index (Phi) is 6.48. The topological polar surface area (TPSA) is 97.9 Å². The highest BCUT2D eigenvalue weighted by molar-refractivity contribution is 5.98. The summed E-state index contributed by atoms with van der Waals surface area (Å²) >= 11 is 0. The minimum Gasteiger partial charge on any atom is -0.334 e. The van der Waals surface area contributed by atoms with Gasteiger partial charge < -0.3 is 9.42 Å². The largest absolute Gasteiger partial charge is 0.334 e. The van der Waals surface area contributed by atoms with Crippen molar-refractivity contribution in [3.05, 3.63) is 77.9 Å². The van der Waals surface area contributed by atoms with Gasteiger partial charge in [0.25, 0.3) is 11.8 Å². The van der Waals surface area contributed by atoms with Crippen molar-refractivity contribution in [2.75, 3.05) is 6.54 Å². The van der Waals surface area contributed by atoms with Crippen molar-refractivity contribution >= 4 is 5.91 Å². The molecule has 3 heterocycles. The number of carbonyl (C=O) groups is 1. The molecule has 0 aliphatic heterocycles. The van der Waals surface area contributed by atoms with E-state index in [-0.39, 0.29) is 17.8 Å². The average Bonchev–Trinajstić information content (AvgIpc) is 3.28. The smallest absolute Gasteiger partial charge is 0.273 e. The molecule has 3 aromatic heterocycles. The third-order valence-corrected chi connectivity index (χ3v) is 5.21.